The Hall–Kier alpha value is -1.43. The third-order valence-corrected chi connectivity index (χ3v) is 2.39. The van der Waals surface area contributed by atoms with Crippen molar-refractivity contribution in [2.24, 2.45) is 0 Å². The maximum absolute atomic E-state index is 12.6. The number of methoxy groups -OCH3 is 2. The molecule has 1 unspecified atom stereocenters. The number of aliphatic hydroxyl groups is 1. The van der Waals surface area contributed by atoms with Crippen LogP contribution in [0.5, 0.6) is 11.5 Å². The molecule has 1 atom stereocenters. The molecule has 1 aromatic rings. The fourth-order valence-corrected chi connectivity index (χ4v) is 1.47. The summed E-state index contributed by atoms with van der Waals surface area (Å²) in [5.74, 6) is -1.37. The van der Waals surface area contributed by atoms with E-state index in [9.17, 15) is 13.2 Å². The van der Waals surface area contributed by atoms with E-state index in [0.29, 0.717) is 5.75 Å². The summed E-state index contributed by atoms with van der Waals surface area (Å²) in [5.41, 5.74) is -0.0577. The van der Waals surface area contributed by atoms with Crippen molar-refractivity contribution in [3.05, 3.63) is 23.8 Å². The van der Waals surface area contributed by atoms with Crippen molar-refractivity contribution in [1.29, 1.82) is 0 Å². The zero-order valence-electron chi connectivity index (χ0n) is 9.41. The van der Waals surface area contributed by atoms with Crippen LogP contribution in [0.4, 0.5) is 13.2 Å². The lowest BCUT2D eigenvalue weighted by molar-refractivity contribution is -0.158. The molecule has 6 heteroatoms. The average molecular weight is 250 g/mol. The maximum Gasteiger partial charge on any atom is 0.397 e. The number of halogens is 3. The number of rotatable bonds is 4. The smallest absolute Gasteiger partial charge is 0.397 e. The summed E-state index contributed by atoms with van der Waals surface area (Å²) in [5, 5.41) is 8.81. The van der Waals surface area contributed by atoms with Crippen LogP contribution in [0.15, 0.2) is 18.2 Å². The molecule has 0 aliphatic heterocycles. The van der Waals surface area contributed by atoms with E-state index < -0.39 is 18.7 Å². The third-order valence-electron chi connectivity index (χ3n) is 2.39. The lowest BCUT2D eigenvalue weighted by Crippen LogP contribution is -2.24. The Morgan fingerprint density at radius 3 is 2.18 bits per heavy atom. The van der Waals surface area contributed by atoms with Crippen molar-refractivity contribution in [3.63, 3.8) is 0 Å². The van der Waals surface area contributed by atoms with Crippen LogP contribution in [0.2, 0.25) is 0 Å². The SMILES string of the molecule is COc1ccc(C(CO)C(F)(F)F)cc1OC. The van der Waals surface area contributed by atoms with Gasteiger partial charge in [0.1, 0.15) is 5.92 Å². The molecule has 0 aliphatic rings. The number of hydrogen-bond acceptors (Lipinski definition) is 3. The van der Waals surface area contributed by atoms with Crippen LogP contribution >= 0.6 is 0 Å². The first-order chi connectivity index (χ1) is 7.93. The number of ether oxygens (including phenoxy) is 2. The third kappa shape index (κ3) is 3.03. The Bertz CT molecular complexity index is 377. The second-order valence-electron chi connectivity index (χ2n) is 3.39. The zero-order chi connectivity index (χ0) is 13.1. The van der Waals surface area contributed by atoms with Crippen LogP contribution in [-0.4, -0.2) is 32.1 Å². The molecule has 0 aromatic heterocycles. The topological polar surface area (TPSA) is 38.7 Å². The van der Waals surface area contributed by atoms with Gasteiger partial charge in [-0.05, 0) is 17.7 Å². The van der Waals surface area contributed by atoms with Crippen molar-refractivity contribution < 1.29 is 27.8 Å². The predicted molar refractivity (Wildman–Crippen MR) is 55.4 cm³/mol. The van der Waals surface area contributed by atoms with Crippen LogP contribution in [0.3, 0.4) is 0 Å². The highest BCUT2D eigenvalue weighted by atomic mass is 19.4. The second-order valence-corrected chi connectivity index (χ2v) is 3.39. The normalized spacial score (nSPS) is 13.3. The average Bonchev–Trinajstić information content (AvgIpc) is 2.27. The molecule has 17 heavy (non-hydrogen) atoms. The van der Waals surface area contributed by atoms with Gasteiger partial charge in [0.25, 0.3) is 0 Å². The molecule has 1 N–H and O–H groups in total. The predicted octanol–water partition coefficient (Wildman–Crippen LogP) is 2.34. The Kier molecular flexibility index (Phi) is 4.22. The molecule has 0 spiro atoms. The summed E-state index contributed by atoms with van der Waals surface area (Å²) < 4.78 is 47.6. The first-order valence-electron chi connectivity index (χ1n) is 4.83. The first kappa shape index (κ1) is 13.6. The van der Waals surface area contributed by atoms with E-state index in [2.05, 4.69) is 0 Å². The molecule has 0 radical (unpaired) electrons. The fraction of sp³-hybridized carbons (Fsp3) is 0.455. The monoisotopic (exact) mass is 250 g/mol. The summed E-state index contributed by atoms with van der Waals surface area (Å²) >= 11 is 0. The summed E-state index contributed by atoms with van der Waals surface area (Å²) in [6, 6.07) is 3.85. The number of alkyl halides is 3. The number of benzene rings is 1. The van der Waals surface area contributed by atoms with Gasteiger partial charge in [0.15, 0.2) is 11.5 Å². The second kappa shape index (κ2) is 5.27. The lowest BCUT2D eigenvalue weighted by atomic mass is 9.99. The van der Waals surface area contributed by atoms with E-state index in [1.54, 1.807) is 0 Å². The van der Waals surface area contributed by atoms with Gasteiger partial charge < -0.3 is 14.6 Å². The Labute approximate surface area is 96.8 Å². The largest absolute Gasteiger partial charge is 0.493 e. The number of hydrogen-bond donors (Lipinski definition) is 1. The summed E-state index contributed by atoms with van der Waals surface area (Å²) in [6.45, 7) is -1.00. The Morgan fingerprint density at radius 2 is 1.76 bits per heavy atom. The molecule has 3 nitrogen and oxygen atoms in total. The Balaban J connectivity index is 3.14. The van der Waals surface area contributed by atoms with Gasteiger partial charge in [-0.15, -0.1) is 0 Å². The standard InChI is InChI=1S/C11H13F3O3/c1-16-9-4-3-7(5-10(9)17-2)8(6-15)11(12,13)14/h3-5,8,15H,6H2,1-2H3. The molecule has 1 rings (SSSR count). The van der Waals surface area contributed by atoms with Gasteiger partial charge in [-0.3, -0.25) is 0 Å². The van der Waals surface area contributed by atoms with Gasteiger partial charge in [0.05, 0.1) is 20.8 Å². The van der Waals surface area contributed by atoms with Crippen LogP contribution in [0, 0.1) is 0 Å². The molecule has 0 bridgehead atoms. The summed E-state index contributed by atoms with van der Waals surface area (Å²) in [4.78, 5) is 0. The minimum atomic E-state index is -4.49. The quantitative estimate of drug-likeness (QED) is 0.891. The highest BCUT2D eigenvalue weighted by molar-refractivity contribution is 5.44. The molecule has 0 amide bonds. The van der Waals surface area contributed by atoms with E-state index in [1.165, 1.54) is 32.4 Å². The summed E-state index contributed by atoms with van der Waals surface area (Å²) in [7, 11) is 2.73. The van der Waals surface area contributed by atoms with Crippen molar-refractivity contribution in [3.8, 4) is 11.5 Å². The maximum atomic E-state index is 12.6. The molecule has 0 saturated carbocycles. The molecule has 0 heterocycles. The van der Waals surface area contributed by atoms with Crippen LogP contribution in [-0.2, 0) is 0 Å². The fourth-order valence-electron chi connectivity index (χ4n) is 1.47. The van der Waals surface area contributed by atoms with E-state index in [4.69, 9.17) is 14.6 Å². The molecule has 0 aliphatic carbocycles. The lowest BCUT2D eigenvalue weighted by Gasteiger charge is -2.19. The van der Waals surface area contributed by atoms with Crippen LogP contribution in [0.25, 0.3) is 0 Å². The van der Waals surface area contributed by atoms with Crippen molar-refractivity contribution in [1.82, 2.24) is 0 Å². The molecular weight excluding hydrogens is 237 g/mol. The van der Waals surface area contributed by atoms with Gasteiger partial charge in [0.2, 0.25) is 0 Å². The molecule has 0 fully saturated rings. The van der Waals surface area contributed by atoms with Crippen LogP contribution in [0.1, 0.15) is 11.5 Å². The van der Waals surface area contributed by atoms with Gasteiger partial charge in [0, 0.05) is 0 Å². The highest BCUT2D eigenvalue weighted by Gasteiger charge is 2.40. The molecule has 96 valence electrons. The first-order valence-corrected chi connectivity index (χ1v) is 4.83. The van der Waals surface area contributed by atoms with Gasteiger partial charge in [-0.2, -0.15) is 13.2 Å². The molecule has 0 saturated heterocycles. The highest BCUT2D eigenvalue weighted by Crippen LogP contribution is 2.38. The van der Waals surface area contributed by atoms with Gasteiger partial charge in [-0.25, -0.2) is 0 Å². The molecule has 1 aromatic carbocycles. The van der Waals surface area contributed by atoms with Gasteiger partial charge >= 0.3 is 6.18 Å². The van der Waals surface area contributed by atoms with Crippen molar-refractivity contribution >= 4 is 0 Å². The van der Waals surface area contributed by atoms with Crippen LogP contribution < -0.4 is 9.47 Å². The minimum Gasteiger partial charge on any atom is -0.493 e. The van der Waals surface area contributed by atoms with E-state index in [-0.39, 0.29) is 11.3 Å². The van der Waals surface area contributed by atoms with E-state index >= 15 is 0 Å². The zero-order valence-corrected chi connectivity index (χ0v) is 9.41. The molecular formula is C11H13F3O3. The van der Waals surface area contributed by atoms with Crippen molar-refractivity contribution in [2.75, 3.05) is 20.8 Å². The summed E-state index contributed by atoms with van der Waals surface area (Å²) in [6.07, 6.45) is -4.49. The Morgan fingerprint density at radius 1 is 1.18 bits per heavy atom. The van der Waals surface area contributed by atoms with E-state index in [0.717, 1.165) is 0 Å². The van der Waals surface area contributed by atoms with Gasteiger partial charge in [-0.1, -0.05) is 6.07 Å². The minimum absolute atomic E-state index is 0.0577. The van der Waals surface area contributed by atoms with Crippen molar-refractivity contribution in [2.45, 2.75) is 12.1 Å². The number of aliphatic hydroxyl groups excluding tert-OH is 1. The van der Waals surface area contributed by atoms with E-state index in [1.807, 2.05) is 0 Å².